The zero-order valence-electron chi connectivity index (χ0n) is 8.33. The van der Waals surface area contributed by atoms with Gasteiger partial charge in [0.05, 0.1) is 0 Å². The van der Waals surface area contributed by atoms with E-state index in [-0.39, 0.29) is 6.61 Å². The summed E-state index contributed by atoms with van der Waals surface area (Å²) >= 11 is 3.45. The van der Waals surface area contributed by atoms with Crippen molar-refractivity contribution in [2.45, 2.75) is 13.5 Å². The second-order valence-corrected chi connectivity index (χ2v) is 4.24. The Bertz CT molecular complexity index is 474. The molecule has 2 aromatic rings. The summed E-state index contributed by atoms with van der Waals surface area (Å²) in [5, 5.41) is 8.90. The Hall–Kier alpha value is -1.06. The summed E-state index contributed by atoms with van der Waals surface area (Å²) < 4.78 is 6.53. The highest BCUT2D eigenvalue weighted by molar-refractivity contribution is 9.10. The number of hydrogen-bond donors (Lipinski definition) is 1. The van der Waals surface area contributed by atoms with Gasteiger partial charge in [-0.3, -0.25) is 0 Å². The second-order valence-electron chi connectivity index (χ2n) is 3.39. The van der Waals surface area contributed by atoms with Gasteiger partial charge in [0, 0.05) is 10.0 Å². The Morgan fingerprint density at radius 3 is 2.67 bits per heavy atom. The maximum absolute atomic E-state index is 8.90. The number of benzene rings is 1. The summed E-state index contributed by atoms with van der Waals surface area (Å²) in [5.41, 5.74) is 2.19. The van der Waals surface area contributed by atoms with Gasteiger partial charge < -0.3 is 9.52 Å². The van der Waals surface area contributed by atoms with Crippen LogP contribution in [0.3, 0.4) is 0 Å². The Kier molecular flexibility index (Phi) is 2.93. The molecule has 0 radical (unpaired) electrons. The van der Waals surface area contributed by atoms with Gasteiger partial charge in [0.1, 0.15) is 18.1 Å². The largest absolute Gasteiger partial charge is 0.459 e. The van der Waals surface area contributed by atoms with Crippen LogP contribution in [0.15, 0.2) is 39.2 Å². The first-order chi connectivity index (χ1) is 7.20. The molecule has 0 fully saturated rings. The van der Waals surface area contributed by atoms with Crippen LogP contribution in [0.4, 0.5) is 0 Å². The van der Waals surface area contributed by atoms with E-state index in [9.17, 15) is 0 Å². The Morgan fingerprint density at radius 2 is 2.07 bits per heavy atom. The molecule has 78 valence electrons. The van der Waals surface area contributed by atoms with E-state index in [1.165, 1.54) is 0 Å². The standard InChI is InChI=1S/C12H11BrO2/c1-8-6-9(2-4-11(8)13)12-5-3-10(7-14)15-12/h2-6,14H,7H2,1H3. The van der Waals surface area contributed by atoms with Crippen molar-refractivity contribution in [3.05, 3.63) is 46.1 Å². The van der Waals surface area contributed by atoms with Crippen molar-refractivity contribution in [1.82, 2.24) is 0 Å². The Labute approximate surface area is 96.7 Å². The third-order valence-electron chi connectivity index (χ3n) is 2.26. The minimum atomic E-state index is -0.0600. The number of aliphatic hydroxyl groups is 1. The molecule has 1 aromatic heterocycles. The molecule has 0 saturated heterocycles. The molecule has 1 aromatic carbocycles. The third-order valence-corrected chi connectivity index (χ3v) is 3.15. The van der Waals surface area contributed by atoms with E-state index in [1.807, 2.05) is 31.2 Å². The third kappa shape index (κ3) is 2.13. The molecule has 1 heterocycles. The molecule has 2 nitrogen and oxygen atoms in total. The molecule has 0 atom stereocenters. The van der Waals surface area contributed by atoms with Gasteiger partial charge in [0.2, 0.25) is 0 Å². The van der Waals surface area contributed by atoms with E-state index in [4.69, 9.17) is 9.52 Å². The number of aliphatic hydroxyl groups excluding tert-OH is 1. The summed E-state index contributed by atoms with van der Waals surface area (Å²) in [5.74, 6) is 1.38. The fourth-order valence-electron chi connectivity index (χ4n) is 1.42. The highest BCUT2D eigenvalue weighted by Crippen LogP contribution is 2.26. The molecule has 3 heteroatoms. The number of rotatable bonds is 2. The maximum Gasteiger partial charge on any atom is 0.134 e. The fraction of sp³-hybridized carbons (Fsp3) is 0.167. The molecule has 0 aliphatic rings. The lowest BCUT2D eigenvalue weighted by atomic mass is 10.1. The minimum absolute atomic E-state index is 0.0600. The smallest absolute Gasteiger partial charge is 0.134 e. The lowest BCUT2D eigenvalue weighted by Crippen LogP contribution is -1.79. The highest BCUT2D eigenvalue weighted by Gasteiger charge is 2.05. The summed E-state index contributed by atoms with van der Waals surface area (Å²) in [6.07, 6.45) is 0. The quantitative estimate of drug-likeness (QED) is 0.903. The van der Waals surface area contributed by atoms with Crippen molar-refractivity contribution < 1.29 is 9.52 Å². The average Bonchev–Trinajstić information content (AvgIpc) is 2.70. The zero-order chi connectivity index (χ0) is 10.8. The topological polar surface area (TPSA) is 33.4 Å². The summed E-state index contributed by atoms with van der Waals surface area (Å²) in [6.45, 7) is 1.97. The highest BCUT2D eigenvalue weighted by atomic mass is 79.9. The molecule has 0 aliphatic carbocycles. The van der Waals surface area contributed by atoms with Crippen LogP contribution >= 0.6 is 15.9 Å². The van der Waals surface area contributed by atoms with Crippen molar-refractivity contribution in [1.29, 1.82) is 0 Å². The Balaban J connectivity index is 2.40. The van der Waals surface area contributed by atoms with Crippen molar-refractivity contribution >= 4 is 15.9 Å². The van der Waals surface area contributed by atoms with Crippen LogP contribution in [0.2, 0.25) is 0 Å². The first kappa shape index (κ1) is 10.5. The summed E-state index contributed by atoms with van der Waals surface area (Å²) in [7, 11) is 0. The zero-order valence-corrected chi connectivity index (χ0v) is 9.91. The lowest BCUT2D eigenvalue weighted by molar-refractivity contribution is 0.248. The normalized spacial score (nSPS) is 10.6. The van der Waals surface area contributed by atoms with E-state index >= 15 is 0 Å². The van der Waals surface area contributed by atoms with Crippen LogP contribution in [-0.4, -0.2) is 5.11 Å². The molecule has 15 heavy (non-hydrogen) atoms. The van der Waals surface area contributed by atoms with Crippen molar-refractivity contribution in [3.63, 3.8) is 0 Å². The van der Waals surface area contributed by atoms with Crippen LogP contribution in [0.1, 0.15) is 11.3 Å². The van der Waals surface area contributed by atoms with Crippen LogP contribution in [0, 0.1) is 6.92 Å². The molecule has 0 unspecified atom stereocenters. The number of aryl methyl sites for hydroxylation is 1. The van der Waals surface area contributed by atoms with Crippen molar-refractivity contribution in [2.24, 2.45) is 0 Å². The number of hydrogen-bond acceptors (Lipinski definition) is 2. The SMILES string of the molecule is Cc1cc(-c2ccc(CO)o2)ccc1Br. The van der Waals surface area contributed by atoms with Gasteiger partial charge in [0.15, 0.2) is 0 Å². The van der Waals surface area contributed by atoms with Gasteiger partial charge in [-0.25, -0.2) is 0 Å². The van der Waals surface area contributed by atoms with Crippen LogP contribution in [0.5, 0.6) is 0 Å². The van der Waals surface area contributed by atoms with Crippen LogP contribution < -0.4 is 0 Å². The summed E-state index contributed by atoms with van der Waals surface area (Å²) in [6, 6.07) is 9.67. The maximum atomic E-state index is 8.90. The molecular weight excluding hydrogens is 256 g/mol. The molecule has 1 N–H and O–H groups in total. The van der Waals surface area contributed by atoms with Crippen LogP contribution in [-0.2, 0) is 6.61 Å². The molecule has 2 rings (SSSR count). The van der Waals surface area contributed by atoms with E-state index < -0.39 is 0 Å². The van der Waals surface area contributed by atoms with Crippen molar-refractivity contribution in [2.75, 3.05) is 0 Å². The minimum Gasteiger partial charge on any atom is -0.459 e. The predicted octanol–water partition coefficient (Wildman–Crippen LogP) is 3.51. The van der Waals surface area contributed by atoms with E-state index in [1.54, 1.807) is 6.07 Å². The first-order valence-electron chi connectivity index (χ1n) is 4.67. The van der Waals surface area contributed by atoms with Gasteiger partial charge >= 0.3 is 0 Å². The van der Waals surface area contributed by atoms with Gasteiger partial charge in [-0.05, 0) is 36.8 Å². The molecule has 0 amide bonds. The van der Waals surface area contributed by atoms with Gasteiger partial charge in [-0.2, -0.15) is 0 Å². The van der Waals surface area contributed by atoms with E-state index in [2.05, 4.69) is 15.9 Å². The number of furan rings is 1. The van der Waals surface area contributed by atoms with Crippen molar-refractivity contribution in [3.8, 4) is 11.3 Å². The van der Waals surface area contributed by atoms with Crippen LogP contribution in [0.25, 0.3) is 11.3 Å². The molecule has 0 aliphatic heterocycles. The molecular formula is C12H11BrO2. The molecule has 0 spiro atoms. The molecule has 0 saturated carbocycles. The van der Waals surface area contributed by atoms with Gasteiger partial charge in [-0.15, -0.1) is 0 Å². The molecule has 0 bridgehead atoms. The second kappa shape index (κ2) is 4.21. The Morgan fingerprint density at radius 1 is 1.27 bits per heavy atom. The van der Waals surface area contributed by atoms with E-state index in [0.717, 1.165) is 21.4 Å². The first-order valence-corrected chi connectivity index (χ1v) is 5.46. The van der Waals surface area contributed by atoms with Gasteiger partial charge in [-0.1, -0.05) is 22.0 Å². The van der Waals surface area contributed by atoms with Gasteiger partial charge in [0.25, 0.3) is 0 Å². The monoisotopic (exact) mass is 266 g/mol. The van der Waals surface area contributed by atoms with E-state index in [0.29, 0.717) is 5.76 Å². The average molecular weight is 267 g/mol. The fourth-order valence-corrected chi connectivity index (χ4v) is 1.66. The number of halogens is 1. The summed E-state index contributed by atoms with van der Waals surface area (Å²) in [4.78, 5) is 0. The lowest BCUT2D eigenvalue weighted by Gasteiger charge is -2.01. The predicted molar refractivity (Wildman–Crippen MR) is 62.5 cm³/mol.